The average Bonchev–Trinajstić information content (AvgIpc) is 2.69. The van der Waals surface area contributed by atoms with E-state index >= 15 is 0 Å². The van der Waals surface area contributed by atoms with Crippen LogP contribution in [0.15, 0.2) is 72.0 Å². The molecule has 28 heavy (non-hydrogen) atoms. The van der Waals surface area contributed by atoms with E-state index in [1.54, 1.807) is 24.3 Å². The first-order valence-corrected chi connectivity index (χ1v) is 7.98. The normalized spacial score (nSPS) is 10.6. The van der Waals surface area contributed by atoms with E-state index in [-0.39, 0.29) is 17.1 Å². The van der Waals surface area contributed by atoms with E-state index in [2.05, 4.69) is 15.5 Å². The van der Waals surface area contributed by atoms with Crippen LogP contribution >= 0.6 is 0 Å². The lowest BCUT2D eigenvalue weighted by Gasteiger charge is -2.04. The second-order valence-corrected chi connectivity index (χ2v) is 5.49. The van der Waals surface area contributed by atoms with Crippen molar-refractivity contribution >= 4 is 17.8 Å². The molecular weight excluding hydrogens is 367 g/mol. The van der Waals surface area contributed by atoms with Crippen molar-refractivity contribution in [3.05, 3.63) is 93.9 Å². The van der Waals surface area contributed by atoms with Gasteiger partial charge >= 0.3 is 0 Å². The van der Waals surface area contributed by atoms with Gasteiger partial charge in [-0.1, -0.05) is 6.07 Å². The molecule has 0 aliphatic heterocycles. The van der Waals surface area contributed by atoms with Gasteiger partial charge in [-0.05, 0) is 48.0 Å². The predicted octanol–water partition coefficient (Wildman–Crippen LogP) is 3.69. The Morgan fingerprint density at radius 1 is 1.18 bits per heavy atom. The zero-order valence-electron chi connectivity index (χ0n) is 14.3. The number of carbonyl (C=O) groups is 1. The zero-order chi connectivity index (χ0) is 19.9. The smallest absolute Gasteiger partial charge is 0.287 e. The third-order valence-corrected chi connectivity index (χ3v) is 3.50. The molecule has 3 rings (SSSR count). The van der Waals surface area contributed by atoms with Crippen LogP contribution in [-0.4, -0.2) is 22.0 Å². The summed E-state index contributed by atoms with van der Waals surface area (Å²) in [6, 6.07) is 14.7. The lowest BCUT2D eigenvalue weighted by atomic mass is 10.2. The number of benzene rings is 2. The molecule has 0 atom stereocenters. The summed E-state index contributed by atoms with van der Waals surface area (Å²) < 4.78 is 18.6. The van der Waals surface area contributed by atoms with E-state index in [4.69, 9.17) is 4.74 Å². The maximum absolute atomic E-state index is 13.1. The second-order valence-electron chi connectivity index (χ2n) is 5.49. The molecular formula is C19H13FN4O4. The summed E-state index contributed by atoms with van der Waals surface area (Å²) in [6.45, 7) is 0. The molecule has 0 radical (unpaired) electrons. The molecule has 1 heterocycles. The number of hydrogen-bond acceptors (Lipinski definition) is 6. The lowest BCUT2D eigenvalue weighted by molar-refractivity contribution is -0.385. The number of carbonyl (C=O) groups excluding carboxylic acids is 1. The van der Waals surface area contributed by atoms with Crippen LogP contribution in [0, 0.1) is 15.9 Å². The Balaban J connectivity index is 1.57. The summed E-state index contributed by atoms with van der Waals surface area (Å²) >= 11 is 0. The van der Waals surface area contributed by atoms with Gasteiger partial charge in [0.1, 0.15) is 17.8 Å². The molecule has 1 amide bonds. The van der Waals surface area contributed by atoms with Crippen molar-refractivity contribution < 1.29 is 18.8 Å². The number of nitro groups is 1. The van der Waals surface area contributed by atoms with Crippen LogP contribution in [0.1, 0.15) is 15.9 Å². The Morgan fingerprint density at radius 3 is 2.61 bits per heavy atom. The fourth-order valence-corrected chi connectivity index (χ4v) is 2.14. The van der Waals surface area contributed by atoms with Gasteiger partial charge in [-0.2, -0.15) is 5.10 Å². The van der Waals surface area contributed by atoms with Crippen LogP contribution in [0.2, 0.25) is 0 Å². The standard InChI is InChI=1S/C19H13FN4O4/c20-15-3-1-2-14(10-15)19(25)23-22-11-13-4-7-17(8-5-13)28-18-9-6-16(12-21-18)24(26)27/h1-12H,(H,23,25)/b22-11-. The Bertz CT molecular complexity index is 1020. The van der Waals surface area contributed by atoms with Gasteiger partial charge in [0.15, 0.2) is 0 Å². The molecule has 0 aliphatic carbocycles. The minimum absolute atomic E-state index is 0.126. The quantitative estimate of drug-likeness (QED) is 0.399. The molecule has 140 valence electrons. The van der Waals surface area contributed by atoms with Crippen molar-refractivity contribution in [2.75, 3.05) is 0 Å². The van der Waals surface area contributed by atoms with Crippen molar-refractivity contribution in [2.45, 2.75) is 0 Å². The number of nitrogens with zero attached hydrogens (tertiary/aromatic N) is 3. The van der Waals surface area contributed by atoms with Crippen LogP contribution in [0.25, 0.3) is 0 Å². The van der Waals surface area contributed by atoms with Crippen molar-refractivity contribution in [1.29, 1.82) is 0 Å². The van der Waals surface area contributed by atoms with Gasteiger partial charge in [-0.15, -0.1) is 0 Å². The number of ether oxygens (including phenoxy) is 1. The first-order chi connectivity index (χ1) is 13.5. The van der Waals surface area contributed by atoms with Crippen LogP contribution < -0.4 is 10.2 Å². The van der Waals surface area contributed by atoms with Crippen molar-refractivity contribution in [1.82, 2.24) is 10.4 Å². The molecule has 3 aromatic rings. The average molecular weight is 380 g/mol. The Labute approximate surface area is 158 Å². The molecule has 2 aromatic carbocycles. The van der Waals surface area contributed by atoms with Crippen LogP contribution in [0.5, 0.6) is 11.6 Å². The Kier molecular flexibility index (Phi) is 5.66. The number of nitrogens with one attached hydrogen (secondary N) is 1. The number of hydrazone groups is 1. The van der Waals surface area contributed by atoms with Gasteiger partial charge < -0.3 is 4.74 Å². The molecule has 0 bridgehead atoms. The van der Waals surface area contributed by atoms with Gasteiger partial charge in [0.2, 0.25) is 5.88 Å². The van der Waals surface area contributed by atoms with Gasteiger partial charge in [0.25, 0.3) is 11.6 Å². The second kappa shape index (κ2) is 8.49. The number of amides is 1. The molecule has 0 aliphatic rings. The summed E-state index contributed by atoms with van der Waals surface area (Å²) in [4.78, 5) is 25.8. The van der Waals surface area contributed by atoms with Crippen molar-refractivity contribution in [2.24, 2.45) is 5.10 Å². The molecule has 1 aromatic heterocycles. The number of pyridine rings is 1. The van der Waals surface area contributed by atoms with E-state index in [1.165, 1.54) is 36.5 Å². The van der Waals surface area contributed by atoms with E-state index in [9.17, 15) is 19.3 Å². The van der Waals surface area contributed by atoms with E-state index in [0.717, 1.165) is 12.3 Å². The largest absolute Gasteiger partial charge is 0.439 e. The third-order valence-electron chi connectivity index (χ3n) is 3.50. The molecule has 0 unspecified atom stereocenters. The maximum atomic E-state index is 13.1. The molecule has 1 N–H and O–H groups in total. The summed E-state index contributed by atoms with van der Waals surface area (Å²) in [6.07, 6.45) is 2.53. The molecule has 9 heteroatoms. The minimum Gasteiger partial charge on any atom is -0.439 e. The molecule has 8 nitrogen and oxygen atoms in total. The topological polar surface area (TPSA) is 107 Å². The number of hydrogen-bond donors (Lipinski definition) is 1. The van der Waals surface area contributed by atoms with Gasteiger partial charge in [0.05, 0.1) is 11.1 Å². The summed E-state index contributed by atoms with van der Waals surface area (Å²) in [5.74, 6) is -0.341. The minimum atomic E-state index is -0.544. The van der Waals surface area contributed by atoms with Gasteiger partial charge in [-0.3, -0.25) is 14.9 Å². The van der Waals surface area contributed by atoms with E-state index in [0.29, 0.717) is 11.3 Å². The maximum Gasteiger partial charge on any atom is 0.287 e. The van der Waals surface area contributed by atoms with Crippen molar-refractivity contribution in [3.63, 3.8) is 0 Å². The van der Waals surface area contributed by atoms with Crippen LogP contribution in [-0.2, 0) is 0 Å². The molecule has 0 spiro atoms. The number of halogens is 1. The molecule has 0 saturated heterocycles. The molecule has 0 saturated carbocycles. The summed E-state index contributed by atoms with van der Waals surface area (Å²) in [5.41, 5.74) is 3.03. The Hall–Kier alpha value is -4.14. The summed E-state index contributed by atoms with van der Waals surface area (Å²) in [5, 5.41) is 14.4. The van der Waals surface area contributed by atoms with E-state index < -0.39 is 16.6 Å². The van der Waals surface area contributed by atoms with Crippen LogP contribution in [0.3, 0.4) is 0 Å². The van der Waals surface area contributed by atoms with Crippen LogP contribution in [0.4, 0.5) is 10.1 Å². The first kappa shape index (κ1) is 18.6. The number of aromatic nitrogens is 1. The zero-order valence-corrected chi connectivity index (χ0v) is 14.3. The summed E-state index contributed by atoms with van der Waals surface area (Å²) in [7, 11) is 0. The fourth-order valence-electron chi connectivity index (χ4n) is 2.14. The Morgan fingerprint density at radius 2 is 1.96 bits per heavy atom. The highest BCUT2D eigenvalue weighted by Crippen LogP contribution is 2.21. The highest BCUT2D eigenvalue weighted by atomic mass is 19.1. The van der Waals surface area contributed by atoms with E-state index in [1.807, 2.05) is 0 Å². The van der Waals surface area contributed by atoms with Gasteiger partial charge in [-0.25, -0.2) is 14.8 Å². The number of rotatable bonds is 6. The monoisotopic (exact) mass is 380 g/mol. The fraction of sp³-hybridized carbons (Fsp3) is 0. The molecule has 0 fully saturated rings. The third kappa shape index (κ3) is 4.94. The lowest BCUT2D eigenvalue weighted by Crippen LogP contribution is -2.17. The van der Waals surface area contributed by atoms with Crippen molar-refractivity contribution in [3.8, 4) is 11.6 Å². The highest BCUT2D eigenvalue weighted by molar-refractivity contribution is 5.94. The predicted molar refractivity (Wildman–Crippen MR) is 98.9 cm³/mol. The SMILES string of the molecule is O=C(N/N=C\c1ccc(Oc2ccc([N+](=O)[O-])cn2)cc1)c1cccc(F)c1. The highest BCUT2D eigenvalue weighted by Gasteiger charge is 2.07. The van der Waals surface area contributed by atoms with Gasteiger partial charge in [0, 0.05) is 17.7 Å². The first-order valence-electron chi connectivity index (χ1n) is 7.98.